The topological polar surface area (TPSA) is 29.9 Å². The van der Waals surface area contributed by atoms with Gasteiger partial charge in [-0.15, -0.1) is 0 Å². The van der Waals surface area contributed by atoms with Crippen LogP contribution in [0.15, 0.2) is 6.20 Å². The molecule has 1 fully saturated rings. The predicted octanol–water partition coefficient (Wildman–Crippen LogP) is 4.93. The zero-order chi connectivity index (χ0) is 14.5. The Morgan fingerprint density at radius 2 is 1.95 bits per heavy atom. The maximum atomic E-state index is 4.69. The van der Waals surface area contributed by atoms with E-state index in [2.05, 4.69) is 43.8 Å². The number of nitrogens with zero attached hydrogens (tertiary/aromatic N) is 2. The molecule has 1 atom stereocenters. The molecule has 0 amide bonds. The first-order valence-electron chi connectivity index (χ1n) is 8.38. The van der Waals surface area contributed by atoms with E-state index in [-0.39, 0.29) is 0 Å². The highest BCUT2D eigenvalue weighted by Gasteiger charge is 2.18. The summed E-state index contributed by atoms with van der Waals surface area (Å²) in [6, 6.07) is 1.18. The van der Waals surface area contributed by atoms with Crippen molar-refractivity contribution in [3.8, 4) is 0 Å². The average Bonchev–Trinajstić information content (AvgIpc) is 2.99. The summed E-state index contributed by atoms with van der Waals surface area (Å²) in [5.41, 5.74) is 1.13. The molecule has 0 bridgehead atoms. The van der Waals surface area contributed by atoms with Crippen LogP contribution in [0.4, 0.5) is 5.95 Å². The van der Waals surface area contributed by atoms with Crippen LogP contribution in [-0.4, -0.2) is 15.6 Å². The summed E-state index contributed by atoms with van der Waals surface area (Å²) in [5.74, 6) is 1.90. The van der Waals surface area contributed by atoms with Crippen molar-refractivity contribution >= 4 is 5.95 Å². The molecule has 1 aromatic rings. The second-order valence-electron chi connectivity index (χ2n) is 6.91. The number of aryl methyl sites for hydroxylation is 1. The lowest BCUT2D eigenvalue weighted by Gasteiger charge is -2.19. The summed E-state index contributed by atoms with van der Waals surface area (Å²) in [4.78, 5) is 4.69. The molecular weight excluding hydrogens is 246 g/mol. The van der Waals surface area contributed by atoms with Crippen molar-refractivity contribution in [2.24, 2.45) is 5.92 Å². The highest BCUT2D eigenvalue weighted by atomic mass is 15.2. The minimum atomic E-state index is 0.541. The number of nitrogens with one attached hydrogen (secondary N) is 1. The van der Waals surface area contributed by atoms with Crippen molar-refractivity contribution in [3.63, 3.8) is 0 Å². The fourth-order valence-corrected chi connectivity index (χ4v) is 3.17. The molecule has 3 heteroatoms. The lowest BCUT2D eigenvalue weighted by Crippen LogP contribution is -2.19. The van der Waals surface area contributed by atoms with Crippen LogP contribution >= 0.6 is 0 Å². The third kappa shape index (κ3) is 4.26. The molecule has 0 saturated heterocycles. The molecule has 1 aliphatic carbocycles. The smallest absolute Gasteiger partial charge is 0.203 e. The summed E-state index contributed by atoms with van der Waals surface area (Å²) in [6.45, 7) is 9.02. The van der Waals surface area contributed by atoms with Gasteiger partial charge >= 0.3 is 0 Å². The van der Waals surface area contributed by atoms with Gasteiger partial charge in [0.2, 0.25) is 5.95 Å². The third-order valence-electron chi connectivity index (χ3n) is 4.42. The quantitative estimate of drug-likeness (QED) is 0.765. The first kappa shape index (κ1) is 15.4. The van der Waals surface area contributed by atoms with Gasteiger partial charge in [0.1, 0.15) is 0 Å². The number of hydrogen-bond donors (Lipinski definition) is 1. The highest BCUT2D eigenvalue weighted by molar-refractivity contribution is 5.31. The fraction of sp³-hybridized carbons (Fsp3) is 0.824. The van der Waals surface area contributed by atoms with Gasteiger partial charge in [0, 0.05) is 18.3 Å². The molecule has 1 aliphatic rings. The molecule has 0 spiro atoms. The van der Waals surface area contributed by atoms with Crippen LogP contribution in [0.25, 0.3) is 0 Å². The van der Waals surface area contributed by atoms with E-state index < -0.39 is 0 Å². The number of anilines is 1. The molecule has 2 rings (SSSR count). The highest BCUT2D eigenvalue weighted by Crippen LogP contribution is 2.26. The standard InChI is InChI=1S/C17H31N3/c1-13(2)8-7-9-15(4)20-12-14(3)18-17(20)19-16-10-5-6-11-16/h12-13,15-16H,5-11H2,1-4H3,(H,18,19). The molecule has 0 radical (unpaired) electrons. The summed E-state index contributed by atoms with van der Waals surface area (Å²) in [5, 5.41) is 3.66. The summed E-state index contributed by atoms with van der Waals surface area (Å²) in [6.07, 6.45) is 11.4. The Hall–Kier alpha value is -0.990. The summed E-state index contributed by atoms with van der Waals surface area (Å²) in [7, 11) is 0. The molecule has 1 unspecified atom stereocenters. The van der Waals surface area contributed by atoms with E-state index in [0.717, 1.165) is 17.6 Å². The zero-order valence-electron chi connectivity index (χ0n) is 13.7. The van der Waals surface area contributed by atoms with Gasteiger partial charge in [-0.2, -0.15) is 0 Å². The second-order valence-corrected chi connectivity index (χ2v) is 6.91. The normalized spacial score (nSPS) is 17.9. The van der Waals surface area contributed by atoms with Gasteiger partial charge in [-0.3, -0.25) is 0 Å². The van der Waals surface area contributed by atoms with Crippen LogP contribution in [0.1, 0.15) is 77.5 Å². The maximum Gasteiger partial charge on any atom is 0.203 e. The molecule has 1 N–H and O–H groups in total. The molecule has 0 aromatic carbocycles. The van der Waals surface area contributed by atoms with E-state index in [1.807, 2.05) is 0 Å². The van der Waals surface area contributed by atoms with Crippen molar-refractivity contribution in [1.29, 1.82) is 0 Å². The Bertz CT molecular complexity index is 402. The van der Waals surface area contributed by atoms with E-state index in [1.54, 1.807) is 0 Å². The van der Waals surface area contributed by atoms with E-state index in [1.165, 1.54) is 44.9 Å². The molecule has 3 nitrogen and oxygen atoms in total. The van der Waals surface area contributed by atoms with Gasteiger partial charge < -0.3 is 9.88 Å². The molecule has 1 aromatic heterocycles. The van der Waals surface area contributed by atoms with Crippen molar-refractivity contribution < 1.29 is 0 Å². The van der Waals surface area contributed by atoms with Gasteiger partial charge in [0.05, 0.1) is 5.69 Å². The number of hydrogen-bond acceptors (Lipinski definition) is 2. The predicted molar refractivity (Wildman–Crippen MR) is 86.2 cm³/mol. The number of imidazole rings is 1. The molecule has 114 valence electrons. The van der Waals surface area contributed by atoms with Gasteiger partial charge in [-0.1, -0.05) is 39.5 Å². The van der Waals surface area contributed by atoms with Crippen LogP contribution < -0.4 is 5.32 Å². The van der Waals surface area contributed by atoms with Gasteiger partial charge in [-0.05, 0) is 39.0 Å². The van der Waals surface area contributed by atoms with E-state index in [4.69, 9.17) is 4.98 Å². The van der Waals surface area contributed by atoms with Crippen LogP contribution in [0.5, 0.6) is 0 Å². The first-order chi connectivity index (χ1) is 9.56. The lowest BCUT2D eigenvalue weighted by atomic mass is 10.0. The Labute approximate surface area is 124 Å². The van der Waals surface area contributed by atoms with Gasteiger partial charge in [-0.25, -0.2) is 4.98 Å². The minimum Gasteiger partial charge on any atom is -0.353 e. The summed E-state index contributed by atoms with van der Waals surface area (Å²) >= 11 is 0. The van der Waals surface area contributed by atoms with Gasteiger partial charge in [0.25, 0.3) is 0 Å². The molecular formula is C17H31N3. The maximum absolute atomic E-state index is 4.69. The van der Waals surface area contributed by atoms with E-state index in [0.29, 0.717) is 12.1 Å². The van der Waals surface area contributed by atoms with Crippen molar-refractivity contribution in [3.05, 3.63) is 11.9 Å². The molecule has 1 heterocycles. The molecule has 0 aliphatic heterocycles. The van der Waals surface area contributed by atoms with Crippen molar-refractivity contribution in [1.82, 2.24) is 9.55 Å². The average molecular weight is 277 g/mol. The largest absolute Gasteiger partial charge is 0.353 e. The monoisotopic (exact) mass is 277 g/mol. The Morgan fingerprint density at radius 3 is 2.60 bits per heavy atom. The molecule has 1 saturated carbocycles. The van der Waals surface area contributed by atoms with Crippen LogP contribution in [0, 0.1) is 12.8 Å². The second kappa shape index (κ2) is 7.14. The minimum absolute atomic E-state index is 0.541. The van der Waals surface area contributed by atoms with Gasteiger partial charge in [0.15, 0.2) is 0 Å². The Morgan fingerprint density at radius 1 is 1.25 bits per heavy atom. The number of aromatic nitrogens is 2. The lowest BCUT2D eigenvalue weighted by molar-refractivity contribution is 0.448. The first-order valence-corrected chi connectivity index (χ1v) is 8.38. The van der Waals surface area contributed by atoms with E-state index >= 15 is 0 Å². The Balaban J connectivity index is 1.95. The molecule has 20 heavy (non-hydrogen) atoms. The third-order valence-corrected chi connectivity index (χ3v) is 4.42. The SMILES string of the molecule is Cc1cn(C(C)CCCC(C)C)c(NC2CCCC2)n1. The van der Waals surface area contributed by atoms with Crippen LogP contribution in [0.3, 0.4) is 0 Å². The van der Waals surface area contributed by atoms with E-state index in [9.17, 15) is 0 Å². The number of rotatable bonds is 7. The Kier molecular flexibility index (Phi) is 5.50. The fourth-order valence-electron chi connectivity index (χ4n) is 3.17. The van der Waals surface area contributed by atoms with Crippen LogP contribution in [-0.2, 0) is 0 Å². The van der Waals surface area contributed by atoms with Crippen molar-refractivity contribution in [2.75, 3.05) is 5.32 Å². The van der Waals surface area contributed by atoms with Crippen molar-refractivity contribution in [2.45, 2.75) is 84.7 Å². The zero-order valence-corrected chi connectivity index (χ0v) is 13.7. The van der Waals surface area contributed by atoms with Crippen LogP contribution in [0.2, 0.25) is 0 Å². The summed E-state index contributed by atoms with van der Waals surface area (Å²) < 4.78 is 2.36.